The Kier molecular flexibility index (Phi) is 2.11. The Bertz CT molecular complexity index is 190. The van der Waals surface area contributed by atoms with Gasteiger partial charge in [-0.2, -0.15) is 0 Å². The van der Waals surface area contributed by atoms with Gasteiger partial charge < -0.3 is 4.90 Å². The van der Waals surface area contributed by atoms with E-state index in [4.69, 9.17) is 6.42 Å². The molecule has 0 saturated carbocycles. The molecule has 0 aromatic rings. The highest BCUT2D eigenvalue weighted by molar-refractivity contribution is 4.97. The molecule has 0 spiro atoms. The summed E-state index contributed by atoms with van der Waals surface area (Å²) in [5.41, 5.74) is 0. The maximum Gasteiger partial charge on any atom is 0.0116 e. The topological polar surface area (TPSA) is 3.24 Å². The van der Waals surface area contributed by atoms with Gasteiger partial charge in [0.05, 0.1) is 0 Å². The summed E-state index contributed by atoms with van der Waals surface area (Å²) >= 11 is 0. The van der Waals surface area contributed by atoms with Crippen LogP contribution in [0.1, 0.15) is 32.1 Å². The van der Waals surface area contributed by atoms with Gasteiger partial charge in [-0.1, -0.05) is 0 Å². The third kappa shape index (κ3) is 1.25. The van der Waals surface area contributed by atoms with Crippen molar-refractivity contribution in [1.29, 1.82) is 0 Å². The third-order valence-corrected chi connectivity index (χ3v) is 3.60. The van der Waals surface area contributed by atoms with Gasteiger partial charge in [-0.05, 0) is 38.6 Å². The Hall–Kier alpha value is -0.480. The summed E-state index contributed by atoms with van der Waals surface area (Å²) in [5, 5.41) is 0. The molecule has 2 saturated heterocycles. The smallest absolute Gasteiger partial charge is 0.0116 e. The lowest BCUT2D eigenvalue weighted by molar-refractivity contribution is 0.136. The number of piperidine rings is 1. The minimum Gasteiger partial charge on any atom is -0.300 e. The second kappa shape index (κ2) is 3.11. The van der Waals surface area contributed by atoms with Crippen LogP contribution in [0.4, 0.5) is 0 Å². The molecule has 0 aromatic heterocycles. The molecule has 2 bridgehead atoms. The molecule has 2 aliphatic rings. The normalized spacial score (nSPS) is 41.2. The zero-order valence-corrected chi connectivity index (χ0v) is 7.79. The fourth-order valence-corrected chi connectivity index (χ4v) is 2.86. The molecule has 2 aliphatic heterocycles. The molecule has 0 N–H and O–H groups in total. The minimum absolute atomic E-state index is 0.823. The Morgan fingerprint density at radius 2 is 1.92 bits per heavy atom. The zero-order valence-electron chi connectivity index (χ0n) is 7.79. The first-order valence-corrected chi connectivity index (χ1v) is 4.96. The van der Waals surface area contributed by atoms with Gasteiger partial charge in [-0.15, -0.1) is 12.3 Å². The molecule has 1 nitrogen and oxygen atoms in total. The standard InChI is InChI=1S/C11H17N/c1-3-4-9-7-10-5-6-11(8-9)12(10)2/h1,9-11H,4-8H2,2H3. The van der Waals surface area contributed by atoms with Crippen molar-refractivity contribution in [2.24, 2.45) is 5.92 Å². The molecule has 2 fully saturated rings. The average Bonchev–Trinajstić information content (AvgIpc) is 2.33. The summed E-state index contributed by atoms with van der Waals surface area (Å²) in [6.07, 6.45) is 11.8. The van der Waals surface area contributed by atoms with Crippen LogP contribution >= 0.6 is 0 Å². The first kappa shape index (κ1) is 8.13. The van der Waals surface area contributed by atoms with E-state index >= 15 is 0 Å². The van der Waals surface area contributed by atoms with Gasteiger partial charge in [-0.25, -0.2) is 0 Å². The maximum absolute atomic E-state index is 5.34. The summed E-state index contributed by atoms with van der Waals surface area (Å²) in [4.78, 5) is 2.56. The Balaban J connectivity index is 1.99. The van der Waals surface area contributed by atoms with E-state index < -0.39 is 0 Å². The van der Waals surface area contributed by atoms with E-state index in [0.29, 0.717) is 0 Å². The second-order valence-electron chi connectivity index (χ2n) is 4.30. The molecule has 0 amide bonds. The fraction of sp³-hybridized carbons (Fsp3) is 0.818. The minimum atomic E-state index is 0.823. The van der Waals surface area contributed by atoms with Crippen molar-refractivity contribution >= 4 is 0 Å². The monoisotopic (exact) mass is 163 g/mol. The molecule has 0 aliphatic carbocycles. The SMILES string of the molecule is C#CCC1CC2CCC(C1)N2C. The Morgan fingerprint density at radius 1 is 1.33 bits per heavy atom. The molecule has 2 rings (SSSR count). The van der Waals surface area contributed by atoms with Crippen LogP contribution in [0.25, 0.3) is 0 Å². The highest BCUT2D eigenvalue weighted by Crippen LogP contribution is 2.38. The van der Waals surface area contributed by atoms with Crippen LogP contribution in [-0.2, 0) is 0 Å². The summed E-state index contributed by atoms with van der Waals surface area (Å²) in [6, 6.07) is 1.70. The van der Waals surface area contributed by atoms with E-state index in [2.05, 4.69) is 17.9 Å². The van der Waals surface area contributed by atoms with Crippen LogP contribution in [0.5, 0.6) is 0 Å². The first-order valence-electron chi connectivity index (χ1n) is 4.96. The van der Waals surface area contributed by atoms with Crippen LogP contribution < -0.4 is 0 Å². The Morgan fingerprint density at radius 3 is 2.42 bits per heavy atom. The highest BCUT2D eigenvalue weighted by atomic mass is 15.2. The van der Waals surface area contributed by atoms with Crippen molar-refractivity contribution in [2.45, 2.75) is 44.2 Å². The number of rotatable bonds is 1. The van der Waals surface area contributed by atoms with Crippen LogP contribution in [0.2, 0.25) is 0 Å². The van der Waals surface area contributed by atoms with Gasteiger partial charge in [-0.3, -0.25) is 0 Å². The van der Waals surface area contributed by atoms with Gasteiger partial charge in [0.1, 0.15) is 0 Å². The van der Waals surface area contributed by atoms with Crippen molar-refractivity contribution in [1.82, 2.24) is 4.90 Å². The third-order valence-electron chi connectivity index (χ3n) is 3.60. The largest absolute Gasteiger partial charge is 0.300 e. The van der Waals surface area contributed by atoms with Crippen molar-refractivity contribution in [3.05, 3.63) is 0 Å². The number of hydrogen-bond donors (Lipinski definition) is 0. The lowest BCUT2D eigenvalue weighted by Crippen LogP contribution is -2.39. The molecular weight excluding hydrogens is 146 g/mol. The Labute approximate surface area is 75.1 Å². The van der Waals surface area contributed by atoms with Crippen LogP contribution in [0, 0.1) is 18.3 Å². The number of hydrogen-bond acceptors (Lipinski definition) is 1. The second-order valence-corrected chi connectivity index (χ2v) is 4.30. The van der Waals surface area contributed by atoms with E-state index in [9.17, 15) is 0 Å². The zero-order chi connectivity index (χ0) is 8.55. The molecule has 1 heteroatoms. The number of terminal acetylenes is 1. The summed E-state index contributed by atoms with van der Waals surface area (Å²) in [7, 11) is 2.27. The average molecular weight is 163 g/mol. The van der Waals surface area contributed by atoms with Gasteiger partial charge in [0.25, 0.3) is 0 Å². The molecule has 2 atom stereocenters. The van der Waals surface area contributed by atoms with Gasteiger partial charge in [0, 0.05) is 18.5 Å². The predicted molar refractivity (Wildman–Crippen MR) is 50.7 cm³/mol. The number of nitrogens with zero attached hydrogens (tertiary/aromatic N) is 1. The van der Waals surface area contributed by atoms with E-state index in [0.717, 1.165) is 24.4 Å². The molecule has 66 valence electrons. The van der Waals surface area contributed by atoms with Crippen LogP contribution in [-0.4, -0.2) is 24.0 Å². The highest BCUT2D eigenvalue weighted by Gasteiger charge is 2.37. The molecule has 0 radical (unpaired) electrons. The van der Waals surface area contributed by atoms with Crippen molar-refractivity contribution in [3.8, 4) is 12.3 Å². The lowest BCUT2D eigenvalue weighted by Gasteiger charge is -2.35. The predicted octanol–water partition coefficient (Wildman–Crippen LogP) is 1.88. The van der Waals surface area contributed by atoms with E-state index in [1.807, 2.05) is 0 Å². The first-order chi connectivity index (χ1) is 5.81. The quantitative estimate of drug-likeness (QED) is 0.533. The van der Waals surface area contributed by atoms with Gasteiger partial charge in [0.15, 0.2) is 0 Å². The van der Waals surface area contributed by atoms with E-state index in [1.165, 1.54) is 25.7 Å². The maximum atomic E-state index is 5.34. The van der Waals surface area contributed by atoms with E-state index in [1.54, 1.807) is 0 Å². The summed E-state index contributed by atoms with van der Waals surface area (Å²) in [6.45, 7) is 0. The van der Waals surface area contributed by atoms with Crippen LogP contribution in [0.3, 0.4) is 0 Å². The van der Waals surface area contributed by atoms with Crippen molar-refractivity contribution in [2.75, 3.05) is 7.05 Å². The lowest BCUT2D eigenvalue weighted by atomic mass is 9.89. The molecule has 2 unspecified atom stereocenters. The van der Waals surface area contributed by atoms with Gasteiger partial charge in [0.2, 0.25) is 0 Å². The number of fused-ring (bicyclic) bond motifs is 2. The fourth-order valence-electron chi connectivity index (χ4n) is 2.86. The molecule has 0 aromatic carbocycles. The van der Waals surface area contributed by atoms with Gasteiger partial charge >= 0.3 is 0 Å². The molecule has 2 heterocycles. The molecular formula is C11H17N. The van der Waals surface area contributed by atoms with Crippen molar-refractivity contribution < 1.29 is 0 Å². The van der Waals surface area contributed by atoms with Crippen molar-refractivity contribution in [3.63, 3.8) is 0 Å². The molecule has 12 heavy (non-hydrogen) atoms. The summed E-state index contributed by atoms with van der Waals surface area (Å²) in [5.74, 6) is 3.63. The summed E-state index contributed by atoms with van der Waals surface area (Å²) < 4.78 is 0. The van der Waals surface area contributed by atoms with Crippen LogP contribution in [0.15, 0.2) is 0 Å². The van der Waals surface area contributed by atoms with E-state index in [-0.39, 0.29) is 0 Å².